The van der Waals surface area contributed by atoms with Crippen LogP contribution >= 0.6 is 0 Å². The second-order valence-electron chi connectivity index (χ2n) is 4.79. The number of sulfone groups is 1. The Morgan fingerprint density at radius 2 is 1.95 bits per heavy atom. The van der Waals surface area contributed by atoms with Crippen LogP contribution in [0.25, 0.3) is 0 Å². The van der Waals surface area contributed by atoms with Crippen molar-refractivity contribution in [3.63, 3.8) is 0 Å². The van der Waals surface area contributed by atoms with Gasteiger partial charge < -0.3 is 15.7 Å². The summed E-state index contributed by atoms with van der Waals surface area (Å²) in [6.45, 7) is 3.02. The van der Waals surface area contributed by atoms with E-state index in [9.17, 15) is 13.2 Å². The number of anilines is 2. The van der Waals surface area contributed by atoms with Gasteiger partial charge in [-0.25, -0.2) is 8.42 Å². The number of para-hydroxylation sites is 2. The largest absolute Gasteiger partial charge is 0.480 e. The number of hydrogen-bond acceptors (Lipinski definition) is 5. The number of nitrogen functional groups attached to an aromatic ring is 1. The number of rotatable bonds is 7. The molecule has 0 aromatic heterocycles. The van der Waals surface area contributed by atoms with Gasteiger partial charge in [0, 0.05) is 6.54 Å². The minimum atomic E-state index is -3.23. The van der Waals surface area contributed by atoms with Crippen LogP contribution in [0.5, 0.6) is 0 Å². The van der Waals surface area contributed by atoms with Crippen LogP contribution in [-0.4, -0.2) is 43.6 Å². The lowest BCUT2D eigenvalue weighted by Crippen LogP contribution is -2.35. The molecule has 6 nitrogen and oxygen atoms in total. The first-order valence-corrected chi connectivity index (χ1v) is 7.98. The number of aliphatic carboxylic acids is 1. The maximum atomic E-state index is 11.8. The molecule has 3 N–H and O–H groups in total. The smallest absolute Gasteiger partial charge is 0.323 e. The van der Waals surface area contributed by atoms with E-state index >= 15 is 0 Å². The number of carboxylic acids is 1. The Bertz CT molecular complexity index is 569. The Kier molecular flexibility index (Phi) is 5.38. The highest BCUT2D eigenvalue weighted by atomic mass is 32.2. The molecule has 1 rings (SSSR count). The van der Waals surface area contributed by atoms with Crippen LogP contribution in [0.15, 0.2) is 24.3 Å². The zero-order valence-electron chi connectivity index (χ0n) is 11.6. The predicted octanol–water partition coefficient (Wildman–Crippen LogP) is 0.983. The Balaban J connectivity index is 2.92. The molecule has 1 aromatic carbocycles. The summed E-state index contributed by atoms with van der Waals surface area (Å²) in [5.41, 5.74) is 6.77. The molecule has 0 fully saturated rings. The van der Waals surface area contributed by atoms with Crippen molar-refractivity contribution in [1.29, 1.82) is 0 Å². The van der Waals surface area contributed by atoms with Gasteiger partial charge in [-0.3, -0.25) is 4.79 Å². The van der Waals surface area contributed by atoms with Crippen molar-refractivity contribution in [2.24, 2.45) is 0 Å². The van der Waals surface area contributed by atoms with Gasteiger partial charge in [-0.2, -0.15) is 0 Å². The summed E-state index contributed by atoms with van der Waals surface area (Å²) in [5.74, 6) is -1.14. The van der Waals surface area contributed by atoms with Gasteiger partial charge in [0.25, 0.3) is 0 Å². The lowest BCUT2D eigenvalue weighted by Gasteiger charge is -2.24. The monoisotopic (exact) mass is 300 g/mol. The molecule has 0 saturated carbocycles. The van der Waals surface area contributed by atoms with Crippen molar-refractivity contribution in [3.05, 3.63) is 24.3 Å². The van der Waals surface area contributed by atoms with Crippen molar-refractivity contribution in [1.82, 2.24) is 0 Å². The topological polar surface area (TPSA) is 101 Å². The van der Waals surface area contributed by atoms with Crippen LogP contribution in [0.1, 0.15) is 13.8 Å². The molecule has 0 heterocycles. The van der Waals surface area contributed by atoms with Crippen LogP contribution in [0.3, 0.4) is 0 Å². The normalized spacial score (nSPS) is 11.6. The minimum Gasteiger partial charge on any atom is -0.480 e. The quantitative estimate of drug-likeness (QED) is 0.728. The second kappa shape index (κ2) is 6.60. The molecule has 0 amide bonds. The predicted molar refractivity (Wildman–Crippen MR) is 79.6 cm³/mol. The van der Waals surface area contributed by atoms with E-state index in [0.29, 0.717) is 11.4 Å². The second-order valence-corrected chi connectivity index (χ2v) is 7.47. The van der Waals surface area contributed by atoms with Crippen molar-refractivity contribution in [2.45, 2.75) is 19.1 Å². The number of carbonyl (C=O) groups is 1. The molecule has 1 aromatic rings. The molecule has 7 heteroatoms. The third-order valence-corrected chi connectivity index (χ3v) is 5.16. The third kappa shape index (κ3) is 4.41. The molecular weight excluding hydrogens is 280 g/mol. The molecular formula is C13H20N2O4S. The summed E-state index contributed by atoms with van der Waals surface area (Å²) in [5, 5.41) is 8.46. The Morgan fingerprint density at radius 3 is 2.45 bits per heavy atom. The van der Waals surface area contributed by atoms with Crippen LogP contribution < -0.4 is 10.6 Å². The van der Waals surface area contributed by atoms with Gasteiger partial charge in [0.2, 0.25) is 0 Å². The molecule has 0 aliphatic carbocycles. The van der Waals surface area contributed by atoms with Crippen molar-refractivity contribution in [3.8, 4) is 0 Å². The Hall–Kier alpha value is -1.76. The highest BCUT2D eigenvalue weighted by Crippen LogP contribution is 2.22. The third-order valence-electron chi connectivity index (χ3n) is 2.97. The number of nitrogens with zero attached hydrogens (tertiary/aromatic N) is 1. The summed E-state index contributed by atoms with van der Waals surface area (Å²) in [6, 6.07) is 6.81. The average molecular weight is 300 g/mol. The van der Waals surface area contributed by atoms with Crippen LogP contribution in [0.4, 0.5) is 11.4 Å². The zero-order valence-corrected chi connectivity index (χ0v) is 12.4. The number of carboxylic acid groups (broad SMARTS) is 1. The van der Waals surface area contributed by atoms with E-state index in [1.54, 1.807) is 38.1 Å². The highest BCUT2D eigenvalue weighted by Gasteiger charge is 2.20. The zero-order chi connectivity index (χ0) is 15.3. The lowest BCUT2D eigenvalue weighted by atomic mass is 10.2. The fourth-order valence-corrected chi connectivity index (χ4v) is 2.64. The van der Waals surface area contributed by atoms with Crippen LogP contribution in [0, 0.1) is 0 Å². The first-order valence-electron chi connectivity index (χ1n) is 6.27. The molecule has 0 aliphatic rings. The van der Waals surface area contributed by atoms with Crippen molar-refractivity contribution in [2.75, 3.05) is 29.5 Å². The molecule has 0 radical (unpaired) electrons. The SMILES string of the molecule is CC(C)S(=O)(=O)CCN(CC(=O)O)c1ccccc1N. The van der Waals surface area contributed by atoms with E-state index in [-0.39, 0.29) is 18.8 Å². The number of nitrogens with two attached hydrogens (primary N) is 1. The Labute approximate surface area is 119 Å². The average Bonchev–Trinajstić information content (AvgIpc) is 2.34. The van der Waals surface area contributed by atoms with Crippen LogP contribution in [-0.2, 0) is 14.6 Å². The van der Waals surface area contributed by atoms with E-state index in [1.807, 2.05) is 0 Å². The maximum absolute atomic E-state index is 11.8. The van der Waals surface area contributed by atoms with Crippen LogP contribution in [0.2, 0.25) is 0 Å². The summed E-state index contributed by atoms with van der Waals surface area (Å²) in [7, 11) is -3.23. The first-order chi connectivity index (χ1) is 9.24. The number of hydrogen-bond donors (Lipinski definition) is 2. The molecule has 0 unspecified atom stereocenters. The van der Waals surface area contributed by atoms with Gasteiger partial charge in [0.15, 0.2) is 9.84 Å². The van der Waals surface area contributed by atoms with E-state index in [4.69, 9.17) is 10.8 Å². The minimum absolute atomic E-state index is 0.0982. The van der Waals surface area contributed by atoms with E-state index < -0.39 is 21.1 Å². The van der Waals surface area contributed by atoms with Gasteiger partial charge in [0.05, 0.1) is 22.4 Å². The molecule has 112 valence electrons. The first kappa shape index (κ1) is 16.3. The lowest BCUT2D eigenvalue weighted by molar-refractivity contribution is -0.135. The Morgan fingerprint density at radius 1 is 1.35 bits per heavy atom. The fraction of sp³-hybridized carbons (Fsp3) is 0.462. The molecule has 0 spiro atoms. The number of benzene rings is 1. The van der Waals surface area contributed by atoms with E-state index in [2.05, 4.69) is 0 Å². The molecule has 20 heavy (non-hydrogen) atoms. The van der Waals surface area contributed by atoms with E-state index in [0.717, 1.165) is 0 Å². The van der Waals surface area contributed by atoms with Gasteiger partial charge >= 0.3 is 5.97 Å². The van der Waals surface area contributed by atoms with Crippen molar-refractivity contribution >= 4 is 27.2 Å². The van der Waals surface area contributed by atoms with E-state index in [1.165, 1.54) is 4.90 Å². The fourth-order valence-electron chi connectivity index (χ4n) is 1.70. The van der Waals surface area contributed by atoms with Gasteiger partial charge in [0.1, 0.15) is 6.54 Å². The van der Waals surface area contributed by atoms with Gasteiger partial charge in [-0.05, 0) is 26.0 Å². The maximum Gasteiger partial charge on any atom is 0.323 e. The van der Waals surface area contributed by atoms with Crippen molar-refractivity contribution < 1.29 is 18.3 Å². The molecule has 0 aliphatic heterocycles. The molecule has 0 atom stereocenters. The highest BCUT2D eigenvalue weighted by molar-refractivity contribution is 7.92. The summed E-state index contributed by atoms with van der Waals surface area (Å²) in [6.07, 6.45) is 0. The summed E-state index contributed by atoms with van der Waals surface area (Å²) >= 11 is 0. The van der Waals surface area contributed by atoms with Gasteiger partial charge in [-0.1, -0.05) is 12.1 Å². The standard InChI is InChI=1S/C13H20N2O4S/c1-10(2)20(18,19)8-7-15(9-13(16)17)12-6-4-3-5-11(12)14/h3-6,10H,7-9,14H2,1-2H3,(H,16,17). The molecule has 0 bridgehead atoms. The molecule has 0 saturated heterocycles. The summed E-state index contributed by atoms with van der Waals surface area (Å²) < 4.78 is 23.7. The summed E-state index contributed by atoms with van der Waals surface area (Å²) in [4.78, 5) is 12.4. The van der Waals surface area contributed by atoms with Gasteiger partial charge in [-0.15, -0.1) is 0 Å².